The number of sulfone groups is 1. The van der Waals surface area contributed by atoms with Gasteiger partial charge in [-0.15, -0.1) is 11.8 Å². The van der Waals surface area contributed by atoms with Crippen molar-refractivity contribution in [2.24, 2.45) is 0 Å². The van der Waals surface area contributed by atoms with Gasteiger partial charge in [-0.1, -0.05) is 36.2 Å². The molecule has 1 amide bonds. The van der Waals surface area contributed by atoms with Gasteiger partial charge in [0.15, 0.2) is 0 Å². The smallest absolute Gasteiger partial charge is 0.246 e. The fraction of sp³-hybridized carbons (Fsp3) is 0.200. The van der Waals surface area contributed by atoms with Crippen molar-refractivity contribution in [1.82, 2.24) is 9.78 Å². The molecule has 0 saturated carbocycles. The van der Waals surface area contributed by atoms with Gasteiger partial charge in [0.05, 0.1) is 4.90 Å². The van der Waals surface area contributed by atoms with Crippen molar-refractivity contribution in [1.29, 1.82) is 0 Å². The van der Waals surface area contributed by atoms with E-state index >= 15 is 0 Å². The zero-order valence-electron chi connectivity index (χ0n) is 16.4. The molecule has 0 aliphatic heterocycles. The Hall–Kier alpha value is -2.49. The summed E-state index contributed by atoms with van der Waals surface area (Å²) in [7, 11) is -3.94. The van der Waals surface area contributed by atoms with Gasteiger partial charge in [-0.05, 0) is 49.1 Å². The first-order valence-electron chi connectivity index (χ1n) is 9.08. The van der Waals surface area contributed by atoms with Gasteiger partial charge in [0.2, 0.25) is 15.7 Å². The Kier molecular flexibility index (Phi) is 6.74. The van der Waals surface area contributed by atoms with Crippen LogP contribution < -0.4 is 11.1 Å². The van der Waals surface area contributed by atoms with Crippen molar-refractivity contribution in [2.75, 3.05) is 16.8 Å². The van der Waals surface area contributed by atoms with E-state index in [0.717, 1.165) is 5.56 Å². The molecule has 3 rings (SSSR count). The lowest BCUT2D eigenvalue weighted by molar-refractivity contribution is -0.116. The zero-order valence-corrected chi connectivity index (χ0v) is 18.8. The van der Waals surface area contributed by atoms with Crippen molar-refractivity contribution in [3.05, 3.63) is 59.1 Å². The molecule has 0 aliphatic rings. The highest BCUT2D eigenvalue weighted by atomic mass is 35.5. The predicted molar refractivity (Wildman–Crippen MR) is 120 cm³/mol. The van der Waals surface area contributed by atoms with E-state index in [2.05, 4.69) is 10.4 Å². The standard InChI is InChI=1S/C20H21ClN4O3S2/c1-3-29-20-18(30(27,28)16-10-6-14(21)7-11-16)19(22)25(24-20)12-17(26)23-15-8-4-13(2)5-9-15/h4-11H,3,12,22H2,1-2H3,(H,23,26). The number of nitrogens with zero attached hydrogens (tertiary/aromatic N) is 2. The summed E-state index contributed by atoms with van der Waals surface area (Å²) in [5, 5.41) is 7.73. The quantitative estimate of drug-likeness (QED) is 0.511. The Bertz CT molecular complexity index is 1160. The lowest BCUT2D eigenvalue weighted by Crippen LogP contribution is -2.21. The first-order chi connectivity index (χ1) is 14.2. The van der Waals surface area contributed by atoms with Gasteiger partial charge in [0, 0.05) is 10.7 Å². The maximum absolute atomic E-state index is 13.2. The number of nitrogens with one attached hydrogen (secondary N) is 1. The first kappa shape index (κ1) is 22.2. The number of hydrogen-bond acceptors (Lipinski definition) is 6. The highest BCUT2D eigenvalue weighted by Gasteiger charge is 2.30. The SMILES string of the molecule is CCSc1nn(CC(=O)Nc2ccc(C)cc2)c(N)c1S(=O)(=O)c1ccc(Cl)cc1. The Labute approximate surface area is 184 Å². The lowest BCUT2D eigenvalue weighted by Gasteiger charge is -2.08. The topological polar surface area (TPSA) is 107 Å². The fourth-order valence-corrected chi connectivity index (χ4v) is 5.42. The van der Waals surface area contributed by atoms with Gasteiger partial charge in [0.1, 0.15) is 22.3 Å². The van der Waals surface area contributed by atoms with Crippen molar-refractivity contribution in [3.63, 3.8) is 0 Å². The second-order valence-electron chi connectivity index (χ2n) is 6.48. The average molecular weight is 465 g/mol. The van der Waals surface area contributed by atoms with E-state index in [4.69, 9.17) is 17.3 Å². The van der Waals surface area contributed by atoms with Gasteiger partial charge in [0.25, 0.3) is 0 Å². The number of carbonyl (C=O) groups is 1. The Balaban J connectivity index is 1.92. The maximum Gasteiger partial charge on any atom is 0.246 e. The Morgan fingerprint density at radius 1 is 1.17 bits per heavy atom. The average Bonchev–Trinajstić information content (AvgIpc) is 3.00. The number of benzene rings is 2. The van der Waals surface area contributed by atoms with E-state index in [0.29, 0.717) is 16.5 Å². The van der Waals surface area contributed by atoms with Gasteiger partial charge in [-0.3, -0.25) is 4.79 Å². The molecule has 0 saturated heterocycles. The van der Waals surface area contributed by atoms with E-state index < -0.39 is 9.84 Å². The summed E-state index contributed by atoms with van der Waals surface area (Å²) in [4.78, 5) is 12.4. The normalized spacial score (nSPS) is 11.4. The summed E-state index contributed by atoms with van der Waals surface area (Å²) in [6.07, 6.45) is 0. The van der Waals surface area contributed by atoms with Crippen LogP contribution in [0.15, 0.2) is 63.3 Å². The number of nitrogen functional groups attached to an aromatic ring is 1. The van der Waals surface area contributed by atoms with E-state index in [1.807, 2.05) is 26.0 Å². The minimum atomic E-state index is -3.94. The van der Waals surface area contributed by atoms with Crippen LogP contribution in [0.4, 0.5) is 11.5 Å². The largest absolute Gasteiger partial charge is 0.383 e. The van der Waals surface area contributed by atoms with Crippen LogP contribution in [-0.2, 0) is 21.2 Å². The number of rotatable bonds is 7. The minimum absolute atomic E-state index is 0.0557. The molecular weight excluding hydrogens is 444 g/mol. The van der Waals surface area contributed by atoms with Crippen LogP contribution in [0.2, 0.25) is 5.02 Å². The number of hydrogen-bond donors (Lipinski definition) is 2. The molecule has 0 aliphatic carbocycles. The monoisotopic (exact) mass is 464 g/mol. The molecule has 7 nitrogen and oxygen atoms in total. The van der Waals surface area contributed by atoms with Gasteiger partial charge in [-0.2, -0.15) is 5.10 Å². The number of carbonyl (C=O) groups excluding carboxylic acids is 1. The summed E-state index contributed by atoms with van der Waals surface area (Å²) < 4.78 is 27.6. The fourth-order valence-electron chi connectivity index (χ4n) is 2.74. The van der Waals surface area contributed by atoms with Gasteiger partial charge in [-0.25, -0.2) is 13.1 Å². The van der Waals surface area contributed by atoms with Crippen LogP contribution in [0.5, 0.6) is 0 Å². The van der Waals surface area contributed by atoms with Crippen molar-refractivity contribution in [3.8, 4) is 0 Å². The molecule has 10 heteroatoms. The molecule has 0 spiro atoms. The number of thioether (sulfide) groups is 1. The highest BCUT2D eigenvalue weighted by molar-refractivity contribution is 8.00. The molecule has 3 N–H and O–H groups in total. The van der Waals surface area contributed by atoms with Crippen molar-refractivity contribution >= 4 is 50.6 Å². The molecule has 0 bridgehead atoms. The summed E-state index contributed by atoms with van der Waals surface area (Å²) in [5.74, 6) is 0.145. The molecule has 0 fully saturated rings. The molecule has 2 aromatic carbocycles. The van der Waals surface area contributed by atoms with E-state index in [-0.39, 0.29) is 33.1 Å². The van der Waals surface area contributed by atoms with Crippen LogP contribution in [0.1, 0.15) is 12.5 Å². The van der Waals surface area contributed by atoms with Crippen LogP contribution in [0.25, 0.3) is 0 Å². The molecule has 0 atom stereocenters. The molecule has 30 heavy (non-hydrogen) atoms. The number of aromatic nitrogens is 2. The molecule has 158 valence electrons. The Morgan fingerprint density at radius 2 is 1.80 bits per heavy atom. The van der Waals surface area contributed by atoms with E-state index in [9.17, 15) is 13.2 Å². The molecule has 0 unspecified atom stereocenters. The van der Waals surface area contributed by atoms with Crippen LogP contribution >= 0.6 is 23.4 Å². The molecule has 1 heterocycles. The second kappa shape index (κ2) is 9.11. The van der Waals surface area contributed by atoms with Crippen molar-refractivity contribution in [2.45, 2.75) is 35.2 Å². The summed E-state index contributed by atoms with van der Waals surface area (Å²) in [6, 6.07) is 13.2. The predicted octanol–water partition coefficient (Wildman–Crippen LogP) is 4.01. The third-order valence-corrected chi connectivity index (χ3v) is 7.28. The second-order valence-corrected chi connectivity index (χ2v) is 10.1. The summed E-state index contributed by atoms with van der Waals surface area (Å²) >= 11 is 7.12. The van der Waals surface area contributed by atoms with Gasteiger partial charge < -0.3 is 11.1 Å². The van der Waals surface area contributed by atoms with Gasteiger partial charge >= 0.3 is 0 Å². The molecular formula is C20H21ClN4O3S2. The molecule has 3 aromatic rings. The Morgan fingerprint density at radius 3 is 2.40 bits per heavy atom. The third-order valence-electron chi connectivity index (χ3n) is 4.22. The van der Waals surface area contributed by atoms with Crippen LogP contribution in [0.3, 0.4) is 0 Å². The van der Waals surface area contributed by atoms with Crippen LogP contribution in [0, 0.1) is 6.92 Å². The minimum Gasteiger partial charge on any atom is -0.383 e. The van der Waals surface area contributed by atoms with Crippen molar-refractivity contribution < 1.29 is 13.2 Å². The molecule has 1 aromatic heterocycles. The summed E-state index contributed by atoms with van der Waals surface area (Å²) in [5.41, 5.74) is 7.86. The van der Waals surface area contributed by atoms with E-state index in [1.54, 1.807) is 12.1 Å². The van der Waals surface area contributed by atoms with Crippen LogP contribution in [-0.4, -0.2) is 29.9 Å². The zero-order chi connectivity index (χ0) is 21.9. The first-order valence-corrected chi connectivity index (χ1v) is 11.9. The lowest BCUT2D eigenvalue weighted by atomic mass is 10.2. The highest BCUT2D eigenvalue weighted by Crippen LogP contribution is 2.35. The summed E-state index contributed by atoms with van der Waals surface area (Å²) in [6.45, 7) is 3.61. The van der Waals surface area contributed by atoms with E-state index in [1.165, 1.54) is 40.7 Å². The number of anilines is 2. The number of halogens is 1. The number of nitrogens with two attached hydrogens (primary N) is 1. The number of amides is 1. The maximum atomic E-state index is 13.2. The third kappa shape index (κ3) is 4.80. The molecule has 0 radical (unpaired) electrons. The number of aryl methyl sites for hydroxylation is 1.